The van der Waals surface area contributed by atoms with Gasteiger partial charge in [-0.25, -0.2) is 0 Å². The largest absolute Gasteiger partial charge is 0.492 e. The molecule has 0 saturated carbocycles. The number of aryl methyl sites for hydroxylation is 1. The molecule has 6 heteroatoms. The number of aromatic nitrogens is 1. The SMILES string of the molecule is Cc1ccc2c(OCCN3CCC(Oc4ccc(Cl)c(N)c4)CC3)cccc2n1. The molecule has 3 aromatic rings. The van der Waals surface area contributed by atoms with Crippen molar-refractivity contribution in [1.29, 1.82) is 0 Å². The lowest BCUT2D eigenvalue weighted by atomic mass is 10.1. The van der Waals surface area contributed by atoms with Crippen molar-refractivity contribution >= 4 is 28.2 Å². The van der Waals surface area contributed by atoms with Gasteiger partial charge in [0.1, 0.15) is 24.2 Å². The Bertz CT molecular complexity index is 987. The van der Waals surface area contributed by atoms with Crippen molar-refractivity contribution in [2.45, 2.75) is 25.9 Å². The van der Waals surface area contributed by atoms with Crippen LogP contribution in [-0.4, -0.2) is 42.2 Å². The van der Waals surface area contributed by atoms with Gasteiger partial charge in [0.2, 0.25) is 0 Å². The number of halogens is 1. The van der Waals surface area contributed by atoms with Gasteiger partial charge in [-0.15, -0.1) is 0 Å². The maximum absolute atomic E-state index is 6.07. The Hall–Kier alpha value is -2.50. The molecule has 1 aliphatic heterocycles. The van der Waals surface area contributed by atoms with Crippen molar-refractivity contribution in [3.05, 3.63) is 59.2 Å². The minimum atomic E-state index is 0.208. The third-order valence-corrected chi connectivity index (χ3v) is 5.65. The molecule has 5 nitrogen and oxygen atoms in total. The van der Waals surface area contributed by atoms with Crippen LogP contribution in [-0.2, 0) is 0 Å². The molecule has 1 aromatic heterocycles. The van der Waals surface area contributed by atoms with Crippen LogP contribution < -0.4 is 15.2 Å². The molecule has 0 atom stereocenters. The van der Waals surface area contributed by atoms with Gasteiger partial charge in [-0.3, -0.25) is 9.88 Å². The first kappa shape index (κ1) is 19.8. The number of nitrogens with zero attached hydrogens (tertiary/aromatic N) is 2. The van der Waals surface area contributed by atoms with Crippen LogP contribution in [0, 0.1) is 6.92 Å². The van der Waals surface area contributed by atoms with Gasteiger partial charge in [-0.1, -0.05) is 17.7 Å². The van der Waals surface area contributed by atoms with Crippen LogP contribution in [0.25, 0.3) is 10.9 Å². The lowest BCUT2D eigenvalue weighted by Crippen LogP contribution is -2.40. The zero-order valence-corrected chi connectivity index (χ0v) is 17.4. The van der Waals surface area contributed by atoms with E-state index in [1.807, 2.05) is 37.3 Å². The van der Waals surface area contributed by atoms with Crippen molar-refractivity contribution < 1.29 is 9.47 Å². The number of pyridine rings is 1. The molecule has 4 rings (SSSR count). The van der Waals surface area contributed by atoms with Gasteiger partial charge in [-0.05, 0) is 56.2 Å². The molecular weight excluding hydrogens is 386 g/mol. The standard InChI is InChI=1S/C23H26ClN3O2/c1-16-5-7-19-22(26-16)3-2-4-23(19)28-14-13-27-11-9-17(10-12-27)29-18-6-8-20(24)21(25)15-18/h2-8,15,17H,9-14,25H2,1H3. The molecule has 0 amide bonds. The molecule has 0 spiro atoms. The minimum Gasteiger partial charge on any atom is -0.492 e. The maximum Gasteiger partial charge on any atom is 0.128 e. The molecular formula is C23H26ClN3O2. The summed E-state index contributed by atoms with van der Waals surface area (Å²) in [4.78, 5) is 6.99. The first-order chi connectivity index (χ1) is 14.1. The van der Waals surface area contributed by atoms with E-state index in [0.29, 0.717) is 17.3 Å². The van der Waals surface area contributed by atoms with Crippen molar-refractivity contribution in [1.82, 2.24) is 9.88 Å². The molecule has 2 aromatic carbocycles. The molecule has 0 aliphatic carbocycles. The Morgan fingerprint density at radius 3 is 2.76 bits per heavy atom. The summed E-state index contributed by atoms with van der Waals surface area (Å²) in [5, 5.41) is 1.62. The van der Waals surface area contributed by atoms with Crippen LogP contribution in [0.4, 0.5) is 5.69 Å². The van der Waals surface area contributed by atoms with Gasteiger partial charge >= 0.3 is 0 Å². The van der Waals surface area contributed by atoms with Gasteiger partial charge in [-0.2, -0.15) is 0 Å². The fourth-order valence-electron chi connectivity index (χ4n) is 3.68. The summed E-state index contributed by atoms with van der Waals surface area (Å²) in [7, 11) is 0. The number of ether oxygens (including phenoxy) is 2. The van der Waals surface area contributed by atoms with Gasteiger partial charge < -0.3 is 15.2 Å². The normalized spacial score (nSPS) is 15.5. The summed E-state index contributed by atoms with van der Waals surface area (Å²) in [6.45, 7) is 5.55. The van der Waals surface area contributed by atoms with Gasteiger partial charge in [0, 0.05) is 36.8 Å². The summed E-state index contributed by atoms with van der Waals surface area (Å²) in [6, 6.07) is 15.6. The predicted octanol–water partition coefficient (Wildman–Crippen LogP) is 4.70. The van der Waals surface area contributed by atoms with Gasteiger partial charge in [0.25, 0.3) is 0 Å². The molecule has 1 saturated heterocycles. The highest BCUT2D eigenvalue weighted by atomic mass is 35.5. The molecule has 2 heterocycles. The van der Waals surface area contributed by atoms with Crippen molar-refractivity contribution in [2.75, 3.05) is 32.0 Å². The molecule has 2 N–H and O–H groups in total. The van der Waals surface area contributed by atoms with E-state index in [1.54, 1.807) is 12.1 Å². The van der Waals surface area contributed by atoms with E-state index >= 15 is 0 Å². The Morgan fingerprint density at radius 2 is 1.97 bits per heavy atom. The fourth-order valence-corrected chi connectivity index (χ4v) is 3.80. The summed E-state index contributed by atoms with van der Waals surface area (Å²) < 4.78 is 12.1. The Morgan fingerprint density at radius 1 is 1.14 bits per heavy atom. The topological polar surface area (TPSA) is 60.6 Å². The van der Waals surface area contributed by atoms with Crippen LogP contribution in [0.1, 0.15) is 18.5 Å². The second-order valence-corrected chi connectivity index (χ2v) is 7.87. The Balaban J connectivity index is 1.25. The summed E-state index contributed by atoms with van der Waals surface area (Å²) in [5.74, 6) is 1.68. The molecule has 0 radical (unpaired) electrons. The van der Waals surface area contributed by atoms with E-state index < -0.39 is 0 Å². The summed E-state index contributed by atoms with van der Waals surface area (Å²) in [5.41, 5.74) is 8.40. The van der Waals surface area contributed by atoms with E-state index in [2.05, 4.69) is 16.0 Å². The number of hydrogen-bond acceptors (Lipinski definition) is 5. The first-order valence-corrected chi connectivity index (χ1v) is 10.4. The lowest BCUT2D eigenvalue weighted by Gasteiger charge is -2.32. The molecule has 29 heavy (non-hydrogen) atoms. The molecule has 0 bridgehead atoms. The summed E-state index contributed by atoms with van der Waals surface area (Å²) in [6.07, 6.45) is 2.18. The molecule has 1 aliphatic rings. The highest BCUT2D eigenvalue weighted by molar-refractivity contribution is 6.33. The number of piperidine rings is 1. The number of nitrogens with two attached hydrogens (primary N) is 1. The van der Waals surface area contributed by atoms with Gasteiger partial charge in [0.05, 0.1) is 16.2 Å². The second kappa shape index (κ2) is 8.89. The number of anilines is 1. The quantitative estimate of drug-likeness (QED) is 0.595. The average molecular weight is 412 g/mol. The zero-order chi connectivity index (χ0) is 20.2. The van der Waals surface area contributed by atoms with E-state index in [-0.39, 0.29) is 6.10 Å². The Kier molecular flexibility index (Phi) is 6.07. The smallest absolute Gasteiger partial charge is 0.128 e. The number of fused-ring (bicyclic) bond motifs is 1. The van der Waals surface area contributed by atoms with Crippen LogP contribution in [0.2, 0.25) is 5.02 Å². The van der Waals surface area contributed by atoms with Crippen LogP contribution in [0.3, 0.4) is 0 Å². The first-order valence-electron chi connectivity index (χ1n) is 10.0. The predicted molar refractivity (Wildman–Crippen MR) is 118 cm³/mol. The fraction of sp³-hybridized carbons (Fsp3) is 0.348. The number of hydrogen-bond donors (Lipinski definition) is 1. The van der Waals surface area contributed by atoms with Crippen molar-refractivity contribution in [3.8, 4) is 11.5 Å². The van der Waals surface area contributed by atoms with Crippen LogP contribution >= 0.6 is 11.6 Å². The number of benzene rings is 2. The molecule has 0 unspecified atom stereocenters. The highest BCUT2D eigenvalue weighted by Gasteiger charge is 2.20. The Labute approximate surface area is 176 Å². The third kappa shape index (κ3) is 4.92. The van der Waals surface area contributed by atoms with E-state index in [0.717, 1.165) is 60.6 Å². The van der Waals surface area contributed by atoms with E-state index in [1.165, 1.54) is 0 Å². The van der Waals surface area contributed by atoms with E-state index in [4.69, 9.17) is 26.8 Å². The number of likely N-dealkylation sites (tertiary alicyclic amines) is 1. The summed E-state index contributed by atoms with van der Waals surface area (Å²) >= 11 is 5.97. The second-order valence-electron chi connectivity index (χ2n) is 7.47. The maximum atomic E-state index is 6.07. The lowest BCUT2D eigenvalue weighted by molar-refractivity contribution is 0.0917. The van der Waals surface area contributed by atoms with Crippen LogP contribution in [0.15, 0.2) is 48.5 Å². The highest BCUT2D eigenvalue weighted by Crippen LogP contribution is 2.27. The number of nitrogen functional groups attached to an aromatic ring is 1. The third-order valence-electron chi connectivity index (χ3n) is 5.30. The molecule has 152 valence electrons. The molecule has 1 fully saturated rings. The monoisotopic (exact) mass is 411 g/mol. The minimum absolute atomic E-state index is 0.208. The van der Waals surface area contributed by atoms with Crippen molar-refractivity contribution in [2.24, 2.45) is 0 Å². The zero-order valence-electron chi connectivity index (χ0n) is 16.6. The average Bonchev–Trinajstić information content (AvgIpc) is 2.72. The van der Waals surface area contributed by atoms with Gasteiger partial charge in [0.15, 0.2) is 0 Å². The van der Waals surface area contributed by atoms with E-state index in [9.17, 15) is 0 Å². The number of rotatable bonds is 6. The van der Waals surface area contributed by atoms with Crippen molar-refractivity contribution in [3.63, 3.8) is 0 Å². The van der Waals surface area contributed by atoms with Crippen LogP contribution in [0.5, 0.6) is 11.5 Å².